The minimum atomic E-state index is -0.615. The van der Waals surface area contributed by atoms with E-state index in [2.05, 4.69) is 9.88 Å². The highest BCUT2D eigenvalue weighted by Crippen LogP contribution is 2.36. The van der Waals surface area contributed by atoms with Crippen LogP contribution in [0.4, 0.5) is 0 Å². The van der Waals surface area contributed by atoms with Crippen LogP contribution in [0.1, 0.15) is 32.3 Å². The molecule has 2 fully saturated rings. The van der Waals surface area contributed by atoms with E-state index in [1.165, 1.54) is 5.56 Å². The average molecular weight is 329 g/mol. The van der Waals surface area contributed by atoms with E-state index in [0.717, 1.165) is 31.6 Å². The average Bonchev–Trinajstić information content (AvgIpc) is 2.55. The summed E-state index contributed by atoms with van der Waals surface area (Å²) in [6.45, 7) is 7.78. The Morgan fingerprint density at radius 1 is 1.29 bits per heavy atom. The number of hydrogen-bond donors (Lipinski definition) is 1. The lowest BCUT2D eigenvalue weighted by Crippen LogP contribution is -2.60. The standard InChI is InChI=1S/C19H27N3O2/c1-15(2)11-18(23)22-10-6-19(24)5-9-21(13-17(19)14-22)12-16-3-7-20-8-4-16/h3-4,7-8,11,17,24H,5-6,9-10,12-14H2,1-2H3/t17-,19-/m0/s1. The second-order valence-corrected chi connectivity index (χ2v) is 7.40. The molecule has 3 rings (SSSR count). The highest BCUT2D eigenvalue weighted by Gasteiger charge is 2.45. The third-order valence-corrected chi connectivity index (χ3v) is 5.23. The summed E-state index contributed by atoms with van der Waals surface area (Å²) in [5, 5.41) is 11.0. The molecule has 1 aromatic heterocycles. The van der Waals surface area contributed by atoms with Gasteiger partial charge in [-0.05, 0) is 44.4 Å². The molecule has 0 unspecified atom stereocenters. The Balaban J connectivity index is 1.65. The Labute approximate surface area is 144 Å². The molecule has 0 bridgehead atoms. The van der Waals surface area contributed by atoms with Crippen molar-refractivity contribution in [2.24, 2.45) is 5.92 Å². The molecule has 0 saturated carbocycles. The number of carbonyl (C=O) groups excluding carboxylic acids is 1. The van der Waals surface area contributed by atoms with E-state index < -0.39 is 5.60 Å². The van der Waals surface area contributed by atoms with Gasteiger partial charge in [-0.2, -0.15) is 0 Å². The van der Waals surface area contributed by atoms with Gasteiger partial charge in [0.1, 0.15) is 0 Å². The second kappa shape index (κ2) is 7.03. The monoisotopic (exact) mass is 329 g/mol. The van der Waals surface area contributed by atoms with Crippen LogP contribution in [-0.4, -0.2) is 57.6 Å². The lowest BCUT2D eigenvalue weighted by Gasteiger charge is -2.50. The summed E-state index contributed by atoms with van der Waals surface area (Å²) < 4.78 is 0. The van der Waals surface area contributed by atoms with Crippen molar-refractivity contribution in [2.75, 3.05) is 26.2 Å². The van der Waals surface area contributed by atoms with Crippen molar-refractivity contribution in [1.82, 2.24) is 14.8 Å². The topological polar surface area (TPSA) is 56.7 Å². The minimum absolute atomic E-state index is 0.0725. The van der Waals surface area contributed by atoms with Crippen molar-refractivity contribution in [3.8, 4) is 0 Å². The van der Waals surface area contributed by atoms with Gasteiger partial charge >= 0.3 is 0 Å². The molecule has 1 aromatic rings. The number of fused-ring (bicyclic) bond motifs is 1. The van der Waals surface area contributed by atoms with Crippen LogP contribution in [0, 0.1) is 5.92 Å². The van der Waals surface area contributed by atoms with E-state index in [0.29, 0.717) is 19.5 Å². The predicted molar refractivity (Wildman–Crippen MR) is 93.2 cm³/mol. The molecule has 1 N–H and O–H groups in total. The van der Waals surface area contributed by atoms with Crippen molar-refractivity contribution >= 4 is 5.91 Å². The van der Waals surface area contributed by atoms with Gasteiger partial charge in [0.15, 0.2) is 0 Å². The van der Waals surface area contributed by atoms with Crippen LogP contribution < -0.4 is 0 Å². The molecule has 0 aromatic carbocycles. The fraction of sp³-hybridized carbons (Fsp3) is 0.579. The van der Waals surface area contributed by atoms with Crippen molar-refractivity contribution in [1.29, 1.82) is 0 Å². The number of aliphatic hydroxyl groups is 1. The van der Waals surface area contributed by atoms with Crippen LogP contribution >= 0.6 is 0 Å². The molecule has 2 atom stereocenters. The molecule has 2 aliphatic rings. The predicted octanol–water partition coefficient (Wildman–Crippen LogP) is 1.83. The van der Waals surface area contributed by atoms with E-state index in [1.807, 2.05) is 43.3 Å². The Kier molecular flexibility index (Phi) is 5.01. The van der Waals surface area contributed by atoms with Gasteiger partial charge in [0.25, 0.3) is 0 Å². The zero-order chi connectivity index (χ0) is 17.2. The van der Waals surface area contributed by atoms with Gasteiger partial charge in [0.05, 0.1) is 5.60 Å². The first-order valence-electron chi connectivity index (χ1n) is 8.74. The van der Waals surface area contributed by atoms with E-state index in [4.69, 9.17) is 0 Å². The fourth-order valence-electron chi connectivity index (χ4n) is 3.80. The number of piperidine rings is 2. The van der Waals surface area contributed by atoms with Gasteiger partial charge in [-0.1, -0.05) is 5.57 Å². The molecule has 2 aliphatic heterocycles. The maximum atomic E-state index is 12.3. The van der Waals surface area contributed by atoms with Gasteiger partial charge in [-0.15, -0.1) is 0 Å². The van der Waals surface area contributed by atoms with Crippen LogP contribution in [0.25, 0.3) is 0 Å². The van der Waals surface area contributed by atoms with Crippen molar-refractivity contribution in [3.63, 3.8) is 0 Å². The number of carbonyl (C=O) groups is 1. The van der Waals surface area contributed by atoms with Gasteiger partial charge in [0.2, 0.25) is 5.91 Å². The molecule has 3 heterocycles. The molecule has 2 saturated heterocycles. The summed E-state index contributed by atoms with van der Waals surface area (Å²) in [6, 6.07) is 4.07. The van der Waals surface area contributed by atoms with Crippen molar-refractivity contribution < 1.29 is 9.90 Å². The fourth-order valence-corrected chi connectivity index (χ4v) is 3.80. The number of hydrogen-bond acceptors (Lipinski definition) is 4. The molecule has 0 spiro atoms. The van der Waals surface area contributed by atoms with E-state index in [-0.39, 0.29) is 11.8 Å². The number of allylic oxidation sites excluding steroid dienone is 1. The second-order valence-electron chi connectivity index (χ2n) is 7.40. The summed E-state index contributed by atoms with van der Waals surface area (Å²) in [5.74, 6) is 0.194. The first-order valence-corrected chi connectivity index (χ1v) is 8.74. The molecular weight excluding hydrogens is 302 g/mol. The highest BCUT2D eigenvalue weighted by atomic mass is 16.3. The van der Waals surface area contributed by atoms with Crippen LogP contribution in [-0.2, 0) is 11.3 Å². The number of likely N-dealkylation sites (tertiary alicyclic amines) is 2. The number of aromatic nitrogens is 1. The molecule has 5 heteroatoms. The Bertz CT molecular complexity index is 612. The largest absolute Gasteiger partial charge is 0.389 e. The number of amides is 1. The van der Waals surface area contributed by atoms with Gasteiger partial charge in [0, 0.05) is 57.1 Å². The Morgan fingerprint density at radius 2 is 2.00 bits per heavy atom. The quantitative estimate of drug-likeness (QED) is 0.860. The molecule has 0 radical (unpaired) electrons. The summed E-state index contributed by atoms with van der Waals surface area (Å²) >= 11 is 0. The van der Waals surface area contributed by atoms with Gasteiger partial charge < -0.3 is 10.0 Å². The van der Waals surface area contributed by atoms with Crippen LogP contribution in [0.5, 0.6) is 0 Å². The maximum Gasteiger partial charge on any atom is 0.246 e. The summed E-state index contributed by atoms with van der Waals surface area (Å²) in [7, 11) is 0. The lowest BCUT2D eigenvalue weighted by atomic mass is 9.75. The zero-order valence-corrected chi connectivity index (χ0v) is 14.6. The third kappa shape index (κ3) is 3.84. The highest BCUT2D eigenvalue weighted by molar-refractivity contribution is 5.88. The SMILES string of the molecule is CC(C)=CC(=O)N1CC[C@@]2(O)CCN(Cc3ccncc3)C[C@H]2C1. The molecule has 130 valence electrons. The van der Waals surface area contributed by atoms with Crippen LogP contribution in [0.3, 0.4) is 0 Å². The summed E-state index contributed by atoms with van der Waals surface area (Å²) in [5.41, 5.74) is 1.64. The maximum absolute atomic E-state index is 12.3. The zero-order valence-electron chi connectivity index (χ0n) is 14.6. The van der Waals surface area contributed by atoms with Crippen LogP contribution in [0.15, 0.2) is 36.2 Å². The Hall–Kier alpha value is -1.72. The van der Waals surface area contributed by atoms with Gasteiger partial charge in [-0.3, -0.25) is 14.7 Å². The first-order chi connectivity index (χ1) is 11.5. The number of nitrogens with zero attached hydrogens (tertiary/aromatic N) is 3. The Morgan fingerprint density at radius 3 is 2.71 bits per heavy atom. The molecule has 5 nitrogen and oxygen atoms in total. The van der Waals surface area contributed by atoms with Gasteiger partial charge in [-0.25, -0.2) is 0 Å². The van der Waals surface area contributed by atoms with E-state index >= 15 is 0 Å². The van der Waals surface area contributed by atoms with E-state index in [9.17, 15) is 9.90 Å². The summed E-state index contributed by atoms with van der Waals surface area (Å²) in [4.78, 5) is 20.6. The molecule has 1 amide bonds. The smallest absolute Gasteiger partial charge is 0.246 e. The summed E-state index contributed by atoms with van der Waals surface area (Å²) in [6.07, 6.45) is 6.80. The minimum Gasteiger partial charge on any atom is -0.389 e. The van der Waals surface area contributed by atoms with Crippen LogP contribution in [0.2, 0.25) is 0 Å². The first kappa shape index (κ1) is 17.1. The third-order valence-electron chi connectivity index (χ3n) is 5.23. The lowest BCUT2D eigenvalue weighted by molar-refractivity contribution is -0.142. The van der Waals surface area contributed by atoms with Crippen molar-refractivity contribution in [2.45, 2.75) is 38.8 Å². The van der Waals surface area contributed by atoms with Crippen molar-refractivity contribution in [3.05, 3.63) is 41.7 Å². The molecule has 0 aliphatic carbocycles. The normalized spacial score (nSPS) is 27.5. The van der Waals surface area contributed by atoms with E-state index in [1.54, 1.807) is 6.08 Å². The number of rotatable bonds is 3. The molecule has 24 heavy (non-hydrogen) atoms. The molecular formula is C19H27N3O2. The number of pyridine rings is 1.